The first-order chi connectivity index (χ1) is 11.2. The van der Waals surface area contributed by atoms with Crippen LogP contribution in [0.5, 0.6) is 0 Å². The summed E-state index contributed by atoms with van der Waals surface area (Å²) >= 11 is 3.54. The number of aryl methyl sites for hydroxylation is 1. The van der Waals surface area contributed by atoms with Gasteiger partial charge in [-0.05, 0) is 74.4 Å². The summed E-state index contributed by atoms with van der Waals surface area (Å²) in [4.78, 5) is 4.69. The molecular formula is C20H29BrN2. The molecule has 0 aliphatic heterocycles. The Labute approximate surface area is 149 Å². The van der Waals surface area contributed by atoms with E-state index < -0.39 is 0 Å². The van der Waals surface area contributed by atoms with Crippen LogP contribution in [0, 0.1) is 12.3 Å². The topological polar surface area (TPSA) is 24.4 Å². The van der Waals surface area contributed by atoms with Crippen LogP contribution in [0.15, 0.2) is 39.9 Å². The zero-order valence-electron chi connectivity index (χ0n) is 14.4. The molecule has 0 aromatic heterocycles. The molecule has 126 valence electrons. The highest BCUT2D eigenvalue weighted by Gasteiger charge is 2.32. The minimum atomic E-state index is 0.515. The van der Waals surface area contributed by atoms with Crippen molar-refractivity contribution in [2.45, 2.75) is 52.4 Å². The number of hydrogen-bond donors (Lipinski definition) is 1. The predicted octanol–water partition coefficient (Wildman–Crippen LogP) is 5.64. The predicted molar refractivity (Wildman–Crippen MR) is 104 cm³/mol. The zero-order chi connectivity index (χ0) is 16.5. The van der Waals surface area contributed by atoms with Crippen LogP contribution in [-0.2, 0) is 0 Å². The van der Waals surface area contributed by atoms with Gasteiger partial charge in [0.05, 0.1) is 0 Å². The van der Waals surface area contributed by atoms with Crippen molar-refractivity contribution >= 4 is 22.1 Å². The molecule has 0 amide bonds. The van der Waals surface area contributed by atoms with Gasteiger partial charge in [-0.15, -0.1) is 0 Å². The van der Waals surface area contributed by atoms with Crippen LogP contribution < -0.4 is 5.32 Å². The second kappa shape index (κ2) is 9.27. The third-order valence-electron chi connectivity index (χ3n) is 4.94. The zero-order valence-corrected chi connectivity index (χ0v) is 16.0. The van der Waals surface area contributed by atoms with Crippen LogP contribution in [-0.4, -0.2) is 19.3 Å². The summed E-state index contributed by atoms with van der Waals surface area (Å²) in [7, 11) is 0. The van der Waals surface area contributed by atoms with E-state index in [1.54, 1.807) is 0 Å². The summed E-state index contributed by atoms with van der Waals surface area (Å²) in [6.45, 7) is 6.20. The van der Waals surface area contributed by atoms with E-state index in [2.05, 4.69) is 65.6 Å². The van der Waals surface area contributed by atoms with E-state index in [1.807, 2.05) is 6.21 Å². The van der Waals surface area contributed by atoms with Gasteiger partial charge in [0.2, 0.25) is 0 Å². The van der Waals surface area contributed by atoms with E-state index in [0.717, 1.165) is 17.6 Å². The molecule has 2 rings (SSSR count). The van der Waals surface area contributed by atoms with Gasteiger partial charge in [-0.1, -0.05) is 40.9 Å². The first kappa shape index (κ1) is 18.3. The van der Waals surface area contributed by atoms with Gasteiger partial charge >= 0.3 is 0 Å². The van der Waals surface area contributed by atoms with Gasteiger partial charge < -0.3 is 5.32 Å². The van der Waals surface area contributed by atoms with Crippen molar-refractivity contribution in [3.63, 3.8) is 0 Å². The van der Waals surface area contributed by atoms with Crippen LogP contribution in [0.4, 0.5) is 0 Å². The smallest absolute Gasteiger partial charge is 0.0394 e. The normalized spacial score (nSPS) is 17.3. The maximum atomic E-state index is 4.69. The third-order valence-corrected chi connectivity index (χ3v) is 5.83. The molecule has 0 spiro atoms. The van der Waals surface area contributed by atoms with Crippen molar-refractivity contribution in [3.8, 4) is 0 Å². The molecule has 0 saturated heterocycles. The van der Waals surface area contributed by atoms with E-state index >= 15 is 0 Å². The minimum Gasteiger partial charge on any atom is -0.391 e. The second-order valence-electron chi connectivity index (χ2n) is 6.71. The molecule has 1 aromatic rings. The highest BCUT2D eigenvalue weighted by molar-refractivity contribution is 9.10. The number of allylic oxidation sites excluding steroid dienone is 1. The van der Waals surface area contributed by atoms with Crippen molar-refractivity contribution in [1.82, 2.24) is 5.32 Å². The first-order valence-corrected chi connectivity index (χ1v) is 9.55. The number of hydrogen-bond acceptors (Lipinski definition) is 2. The fourth-order valence-corrected chi connectivity index (χ4v) is 3.76. The molecular weight excluding hydrogens is 348 g/mol. The van der Waals surface area contributed by atoms with Crippen LogP contribution in [0.2, 0.25) is 0 Å². The summed E-state index contributed by atoms with van der Waals surface area (Å²) in [6, 6.07) is 6.40. The molecule has 2 nitrogen and oxygen atoms in total. The van der Waals surface area contributed by atoms with Crippen molar-refractivity contribution in [3.05, 3.63) is 46.1 Å². The Kier molecular flexibility index (Phi) is 7.35. The standard InChI is InChI=1S/C20H29BrN2/c1-3-12-22-13-10-20(8-4-5-9-20)11-14-23-16-18-6-7-19(21)17(2)15-18/h3,6-7,12,15-16,22H,4-5,8-11,13-14H2,1-2H3/b12-3+,23-16?. The van der Waals surface area contributed by atoms with Gasteiger partial charge in [0.15, 0.2) is 0 Å². The number of nitrogens with one attached hydrogen (secondary N) is 1. The van der Waals surface area contributed by atoms with E-state index in [-0.39, 0.29) is 0 Å². The Bertz CT molecular complexity index is 543. The van der Waals surface area contributed by atoms with Crippen LogP contribution in [0.1, 0.15) is 56.6 Å². The van der Waals surface area contributed by atoms with Crippen molar-refractivity contribution in [2.75, 3.05) is 13.1 Å². The summed E-state index contributed by atoms with van der Waals surface area (Å²) in [5.74, 6) is 0. The Morgan fingerprint density at radius 2 is 2.04 bits per heavy atom. The lowest BCUT2D eigenvalue weighted by Gasteiger charge is -2.28. The Morgan fingerprint density at radius 1 is 1.26 bits per heavy atom. The summed E-state index contributed by atoms with van der Waals surface area (Å²) in [5, 5.41) is 3.39. The van der Waals surface area contributed by atoms with E-state index in [4.69, 9.17) is 4.99 Å². The van der Waals surface area contributed by atoms with Crippen LogP contribution >= 0.6 is 15.9 Å². The molecule has 1 aliphatic carbocycles. The van der Waals surface area contributed by atoms with Crippen molar-refractivity contribution < 1.29 is 0 Å². The highest BCUT2D eigenvalue weighted by Crippen LogP contribution is 2.43. The highest BCUT2D eigenvalue weighted by atomic mass is 79.9. The van der Waals surface area contributed by atoms with E-state index in [0.29, 0.717) is 5.41 Å². The SMILES string of the molecule is C/C=C/NCCC1(CCN=Cc2ccc(Br)c(C)c2)CCCC1. The first-order valence-electron chi connectivity index (χ1n) is 8.76. The molecule has 1 aromatic carbocycles. The Morgan fingerprint density at radius 3 is 2.74 bits per heavy atom. The Hall–Kier alpha value is -1.09. The van der Waals surface area contributed by atoms with Gasteiger partial charge in [-0.3, -0.25) is 4.99 Å². The lowest BCUT2D eigenvalue weighted by molar-refractivity contribution is 0.253. The van der Waals surface area contributed by atoms with E-state index in [9.17, 15) is 0 Å². The summed E-state index contributed by atoms with van der Waals surface area (Å²) in [5.41, 5.74) is 2.97. The number of benzene rings is 1. The van der Waals surface area contributed by atoms with Gasteiger partial charge in [-0.2, -0.15) is 0 Å². The maximum Gasteiger partial charge on any atom is 0.0394 e. The third kappa shape index (κ3) is 5.80. The summed E-state index contributed by atoms with van der Waals surface area (Å²) in [6.07, 6.45) is 14.1. The van der Waals surface area contributed by atoms with Crippen LogP contribution in [0.25, 0.3) is 0 Å². The lowest BCUT2D eigenvalue weighted by Crippen LogP contribution is -2.23. The molecule has 3 heteroatoms. The molecule has 1 fully saturated rings. The monoisotopic (exact) mass is 376 g/mol. The molecule has 0 atom stereocenters. The fraction of sp³-hybridized carbons (Fsp3) is 0.550. The number of halogens is 1. The molecule has 23 heavy (non-hydrogen) atoms. The van der Waals surface area contributed by atoms with Gasteiger partial charge in [-0.25, -0.2) is 0 Å². The number of aliphatic imine (C=N–C) groups is 1. The minimum absolute atomic E-state index is 0.515. The second-order valence-corrected chi connectivity index (χ2v) is 7.56. The quantitative estimate of drug-likeness (QED) is 0.460. The largest absolute Gasteiger partial charge is 0.391 e. The average Bonchev–Trinajstić information content (AvgIpc) is 3.01. The van der Waals surface area contributed by atoms with Gasteiger partial charge in [0, 0.05) is 23.8 Å². The molecule has 1 aliphatic rings. The van der Waals surface area contributed by atoms with Gasteiger partial charge in [0.1, 0.15) is 0 Å². The maximum absolute atomic E-state index is 4.69. The van der Waals surface area contributed by atoms with Crippen LogP contribution in [0.3, 0.4) is 0 Å². The molecule has 1 N–H and O–H groups in total. The van der Waals surface area contributed by atoms with Crippen molar-refractivity contribution in [1.29, 1.82) is 0 Å². The van der Waals surface area contributed by atoms with Crippen molar-refractivity contribution in [2.24, 2.45) is 10.4 Å². The number of nitrogens with zero attached hydrogens (tertiary/aromatic N) is 1. The summed E-state index contributed by atoms with van der Waals surface area (Å²) < 4.78 is 1.16. The molecule has 1 saturated carbocycles. The molecule has 0 unspecified atom stereocenters. The molecule has 0 radical (unpaired) electrons. The fourth-order valence-electron chi connectivity index (χ4n) is 3.51. The van der Waals surface area contributed by atoms with E-state index in [1.165, 1.54) is 49.7 Å². The number of rotatable bonds is 8. The average molecular weight is 377 g/mol. The Balaban J connectivity index is 1.83. The lowest BCUT2D eigenvalue weighted by atomic mass is 9.79. The molecule has 0 bridgehead atoms. The molecule has 0 heterocycles. The van der Waals surface area contributed by atoms with Gasteiger partial charge in [0.25, 0.3) is 0 Å².